The van der Waals surface area contributed by atoms with E-state index < -0.39 is 0 Å². The third-order valence-corrected chi connectivity index (χ3v) is 3.24. The third kappa shape index (κ3) is 4.58. The number of benzene rings is 1. The first-order valence-corrected chi connectivity index (χ1v) is 7.56. The molecule has 22 heavy (non-hydrogen) atoms. The summed E-state index contributed by atoms with van der Waals surface area (Å²) in [6, 6.07) is 8.13. The molecular formula is C16H23N5O. The molecule has 0 amide bonds. The van der Waals surface area contributed by atoms with Crippen LogP contribution in [0.5, 0.6) is 0 Å². The van der Waals surface area contributed by atoms with E-state index in [4.69, 9.17) is 10.3 Å². The molecule has 118 valence electrons. The molecule has 0 atom stereocenters. The molecule has 6 nitrogen and oxygen atoms in total. The van der Waals surface area contributed by atoms with Gasteiger partial charge in [-0.1, -0.05) is 38.1 Å². The Labute approximate surface area is 130 Å². The number of guanidine groups is 1. The number of anilines is 1. The SMILES string of the molecule is CCc1ccc(NC(N)=NCCc2nc(C(C)C)no2)cc1. The molecule has 1 aromatic heterocycles. The number of hydrogen-bond acceptors (Lipinski definition) is 4. The van der Waals surface area contributed by atoms with Gasteiger partial charge in [0.1, 0.15) is 0 Å². The molecule has 0 saturated heterocycles. The molecular weight excluding hydrogens is 278 g/mol. The van der Waals surface area contributed by atoms with Crippen molar-refractivity contribution in [2.45, 2.75) is 39.5 Å². The largest absolute Gasteiger partial charge is 0.370 e. The summed E-state index contributed by atoms with van der Waals surface area (Å²) < 4.78 is 5.16. The van der Waals surface area contributed by atoms with Gasteiger partial charge < -0.3 is 15.6 Å². The van der Waals surface area contributed by atoms with Crippen molar-refractivity contribution in [2.75, 3.05) is 11.9 Å². The number of nitrogens with one attached hydrogen (secondary N) is 1. The molecule has 2 rings (SSSR count). The van der Waals surface area contributed by atoms with Gasteiger partial charge in [0.15, 0.2) is 11.8 Å². The van der Waals surface area contributed by atoms with Gasteiger partial charge in [-0.2, -0.15) is 4.98 Å². The van der Waals surface area contributed by atoms with Crippen LogP contribution >= 0.6 is 0 Å². The Morgan fingerprint density at radius 1 is 1.32 bits per heavy atom. The highest BCUT2D eigenvalue weighted by Crippen LogP contribution is 2.10. The van der Waals surface area contributed by atoms with Gasteiger partial charge in [0.05, 0.1) is 6.54 Å². The zero-order valence-corrected chi connectivity index (χ0v) is 13.3. The van der Waals surface area contributed by atoms with Crippen LogP contribution in [0.2, 0.25) is 0 Å². The summed E-state index contributed by atoms with van der Waals surface area (Å²) in [5, 5.41) is 6.98. The van der Waals surface area contributed by atoms with Gasteiger partial charge in [-0.3, -0.25) is 4.99 Å². The normalized spacial score (nSPS) is 11.9. The fourth-order valence-electron chi connectivity index (χ4n) is 1.89. The minimum absolute atomic E-state index is 0.263. The molecule has 6 heteroatoms. The van der Waals surface area contributed by atoms with Crippen LogP contribution in [0.15, 0.2) is 33.8 Å². The van der Waals surface area contributed by atoms with E-state index in [1.807, 2.05) is 26.0 Å². The van der Waals surface area contributed by atoms with Crippen LogP contribution in [-0.4, -0.2) is 22.6 Å². The van der Waals surface area contributed by atoms with E-state index in [1.165, 1.54) is 5.56 Å². The van der Waals surface area contributed by atoms with Crippen molar-refractivity contribution >= 4 is 11.6 Å². The summed E-state index contributed by atoms with van der Waals surface area (Å²) >= 11 is 0. The van der Waals surface area contributed by atoms with E-state index in [9.17, 15) is 0 Å². The summed E-state index contributed by atoms with van der Waals surface area (Å²) in [5.74, 6) is 1.96. The molecule has 0 saturated carbocycles. The van der Waals surface area contributed by atoms with Gasteiger partial charge in [-0.15, -0.1) is 0 Å². The summed E-state index contributed by atoms with van der Waals surface area (Å²) in [6.07, 6.45) is 1.60. The molecule has 0 bridgehead atoms. The van der Waals surface area contributed by atoms with Gasteiger partial charge in [0, 0.05) is 18.0 Å². The van der Waals surface area contributed by atoms with E-state index in [0.717, 1.165) is 17.9 Å². The summed E-state index contributed by atoms with van der Waals surface area (Å²) in [6.45, 7) is 6.68. The number of nitrogens with two attached hydrogens (primary N) is 1. The number of hydrogen-bond donors (Lipinski definition) is 2. The van der Waals surface area contributed by atoms with Gasteiger partial charge in [-0.05, 0) is 24.1 Å². The molecule has 0 fully saturated rings. The van der Waals surface area contributed by atoms with Crippen molar-refractivity contribution in [1.29, 1.82) is 0 Å². The zero-order chi connectivity index (χ0) is 15.9. The van der Waals surface area contributed by atoms with Crippen molar-refractivity contribution in [3.05, 3.63) is 41.5 Å². The predicted octanol–water partition coefficient (Wildman–Crippen LogP) is 2.72. The monoisotopic (exact) mass is 301 g/mol. The van der Waals surface area contributed by atoms with Crippen molar-refractivity contribution in [2.24, 2.45) is 10.7 Å². The fourth-order valence-corrected chi connectivity index (χ4v) is 1.89. The van der Waals surface area contributed by atoms with E-state index in [1.54, 1.807) is 0 Å². The minimum atomic E-state index is 0.263. The molecule has 0 aliphatic carbocycles. The van der Waals surface area contributed by atoms with Gasteiger partial charge in [-0.25, -0.2) is 0 Å². The second-order valence-corrected chi connectivity index (χ2v) is 5.39. The number of aryl methyl sites for hydroxylation is 1. The van der Waals surface area contributed by atoms with E-state index in [0.29, 0.717) is 24.8 Å². The first-order chi connectivity index (χ1) is 10.6. The van der Waals surface area contributed by atoms with Crippen LogP contribution in [0, 0.1) is 0 Å². The van der Waals surface area contributed by atoms with E-state index >= 15 is 0 Å². The number of aliphatic imine (C=N–C) groups is 1. The van der Waals surface area contributed by atoms with Gasteiger partial charge in [0.25, 0.3) is 0 Å². The van der Waals surface area contributed by atoms with Crippen molar-refractivity contribution in [1.82, 2.24) is 10.1 Å². The second kappa shape index (κ2) is 7.59. The molecule has 0 spiro atoms. The smallest absolute Gasteiger partial charge is 0.228 e. The highest BCUT2D eigenvalue weighted by atomic mass is 16.5. The van der Waals surface area contributed by atoms with Crippen molar-refractivity contribution < 1.29 is 4.52 Å². The Bertz CT molecular complexity index is 616. The highest BCUT2D eigenvalue weighted by molar-refractivity contribution is 5.92. The van der Waals surface area contributed by atoms with Crippen LogP contribution in [0.1, 0.15) is 44.0 Å². The van der Waals surface area contributed by atoms with Crippen LogP contribution in [0.25, 0.3) is 0 Å². The highest BCUT2D eigenvalue weighted by Gasteiger charge is 2.08. The lowest BCUT2D eigenvalue weighted by atomic mass is 10.1. The molecule has 0 unspecified atom stereocenters. The molecule has 1 aromatic carbocycles. The van der Waals surface area contributed by atoms with Crippen LogP contribution < -0.4 is 11.1 Å². The molecule has 2 aromatic rings. The molecule has 0 aliphatic rings. The molecule has 3 N–H and O–H groups in total. The van der Waals surface area contributed by atoms with E-state index in [-0.39, 0.29) is 5.92 Å². The lowest BCUT2D eigenvalue weighted by Crippen LogP contribution is -2.23. The van der Waals surface area contributed by atoms with Crippen LogP contribution in [0.3, 0.4) is 0 Å². The Hall–Kier alpha value is -2.37. The Kier molecular flexibility index (Phi) is 5.52. The molecule has 0 radical (unpaired) electrons. The average Bonchev–Trinajstić information content (AvgIpc) is 2.97. The lowest BCUT2D eigenvalue weighted by molar-refractivity contribution is 0.372. The Balaban J connectivity index is 1.83. The molecule has 0 aliphatic heterocycles. The zero-order valence-electron chi connectivity index (χ0n) is 13.3. The first kappa shape index (κ1) is 16.0. The fraction of sp³-hybridized carbons (Fsp3) is 0.438. The Morgan fingerprint density at radius 3 is 2.64 bits per heavy atom. The topological polar surface area (TPSA) is 89.3 Å². The summed E-state index contributed by atoms with van der Waals surface area (Å²) in [5.41, 5.74) is 8.09. The molecule has 1 heterocycles. The van der Waals surface area contributed by atoms with E-state index in [2.05, 4.69) is 39.5 Å². The quantitative estimate of drug-likeness (QED) is 0.632. The maximum atomic E-state index is 5.87. The van der Waals surface area contributed by atoms with Crippen molar-refractivity contribution in [3.63, 3.8) is 0 Å². The van der Waals surface area contributed by atoms with Gasteiger partial charge in [0.2, 0.25) is 5.89 Å². The maximum Gasteiger partial charge on any atom is 0.228 e. The van der Waals surface area contributed by atoms with Crippen molar-refractivity contribution in [3.8, 4) is 0 Å². The summed E-state index contributed by atoms with van der Waals surface area (Å²) in [4.78, 5) is 8.57. The number of aromatic nitrogens is 2. The summed E-state index contributed by atoms with van der Waals surface area (Å²) in [7, 11) is 0. The lowest BCUT2D eigenvalue weighted by Gasteiger charge is -2.06. The van der Waals surface area contributed by atoms with Gasteiger partial charge >= 0.3 is 0 Å². The van der Waals surface area contributed by atoms with Crippen LogP contribution in [0.4, 0.5) is 5.69 Å². The predicted molar refractivity (Wildman–Crippen MR) is 88.0 cm³/mol. The average molecular weight is 301 g/mol. The van der Waals surface area contributed by atoms with Crippen LogP contribution in [-0.2, 0) is 12.8 Å². The number of rotatable bonds is 6. The standard InChI is InChI=1S/C16H23N5O/c1-4-12-5-7-13(8-6-12)19-16(17)18-10-9-14-20-15(11(2)3)21-22-14/h5-8,11H,4,9-10H2,1-3H3,(H3,17,18,19). The maximum absolute atomic E-state index is 5.87. The first-order valence-electron chi connectivity index (χ1n) is 7.56. The Morgan fingerprint density at radius 2 is 2.05 bits per heavy atom. The minimum Gasteiger partial charge on any atom is -0.370 e. The number of nitrogens with zero attached hydrogens (tertiary/aromatic N) is 3. The second-order valence-electron chi connectivity index (χ2n) is 5.39. The third-order valence-electron chi connectivity index (χ3n) is 3.24.